The van der Waals surface area contributed by atoms with Gasteiger partial charge in [0.15, 0.2) is 5.78 Å². The van der Waals surface area contributed by atoms with Gasteiger partial charge in [-0.3, -0.25) is 9.69 Å². The van der Waals surface area contributed by atoms with Gasteiger partial charge in [-0.05, 0) is 59.7 Å². The number of aryl methyl sites for hydroxylation is 1. The quantitative estimate of drug-likeness (QED) is 0.429. The first-order chi connectivity index (χ1) is 18.0. The maximum absolute atomic E-state index is 13.5. The second kappa shape index (κ2) is 9.67. The molecule has 0 aromatic heterocycles. The highest BCUT2D eigenvalue weighted by atomic mass is 16.6. The number of ketones is 1. The van der Waals surface area contributed by atoms with E-state index in [2.05, 4.69) is 24.3 Å². The predicted molar refractivity (Wildman–Crippen MR) is 140 cm³/mol. The number of Topliss-reactive ketones (excluding diaryl/α,β-unsaturated/α-hetero) is 1. The number of fused-ring (bicyclic) bond motifs is 5. The number of morpholine rings is 1. The van der Waals surface area contributed by atoms with Crippen molar-refractivity contribution < 1.29 is 23.8 Å². The predicted octanol–water partition coefficient (Wildman–Crippen LogP) is 5.61. The molecule has 2 saturated heterocycles. The van der Waals surface area contributed by atoms with Gasteiger partial charge in [-0.2, -0.15) is 0 Å². The number of piperidine rings is 1. The molecule has 3 aliphatic rings. The van der Waals surface area contributed by atoms with Crippen molar-refractivity contribution in [3.63, 3.8) is 0 Å². The molecule has 1 amide bonds. The van der Waals surface area contributed by atoms with Gasteiger partial charge in [0.2, 0.25) is 0 Å². The van der Waals surface area contributed by atoms with E-state index in [4.69, 9.17) is 14.2 Å². The summed E-state index contributed by atoms with van der Waals surface area (Å²) in [6, 6.07) is 22.0. The van der Waals surface area contributed by atoms with Crippen molar-refractivity contribution in [2.75, 3.05) is 26.9 Å². The van der Waals surface area contributed by atoms with Crippen LogP contribution in [0.25, 0.3) is 11.1 Å². The van der Waals surface area contributed by atoms with Gasteiger partial charge < -0.3 is 14.2 Å². The summed E-state index contributed by atoms with van der Waals surface area (Å²) in [7, 11) is 1.59. The van der Waals surface area contributed by atoms with E-state index in [1.54, 1.807) is 7.11 Å². The fraction of sp³-hybridized carbons (Fsp3) is 0.355. The lowest BCUT2D eigenvalue weighted by Crippen LogP contribution is -2.60. The van der Waals surface area contributed by atoms with Gasteiger partial charge in [0, 0.05) is 11.8 Å². The molecule has 6 nitrogen and oxygen atoms in total. The largest absolute Gasteiger partial charge is 0.496 e. The molecule has 1 aliphatic carbocycles. The van der Waals surface area contributed by atoms with E-state index in [0.29, 0.717) is 37.4 Å². The molecule has 3 aromatic rings. The SMILES string of the molecule is COc1cc(C)ccc1C(=O)C1CC2COCC(C1)N2C(=O)OCC1c2ccccc2-c2ccccc21. The molecular formula is C31H31NO5. The van der Waals surface area contributed by atoms with Crippen LogP contribution in [0.15, 0.2) is 66.7 Å². The molecular weight excluding hydrogens is 466 g/mol. The Bertz CT molecular complexity index is 1290. The lowest BCUT2D eigenvalue weighted by Gasteiger charge is -2.47. The molecule has 2 fully saturated rings. The maximum Gasteiger partial charge on any atom is 0.410 e. The fourth-order valence-electron chi connectivity index (χ4n) is 6.32. The summed E-state index contributed by atoms with van der Waals surface area (Å²) in [4.78, 5) is 28.7. The average Bonchev–Trinajstić information content (AvgIpc) is 3.24. The molecule has 3 aromatic carbocycles. The summed E-state index contributed by atoms with van der Waals surface area (Å²) in [5.74, 6) is 0.500. The van der Waals surface area contributed by atoms with Gasteiger partial charge in [0.25, 0.3) is 0 Å². The van der Waals surface area contributed by atoms with Crippen molar-refractivity contribution in [3.8, 4) is 16.9 Å². The monoisotopic (exact) mass is 497 g/mol. The number of methoxy groups -OCH3 is 1. The third kappa shape index (κ3) is 4.19. The fourth-order valence-corrected chi connectivity index (χ4v) is 6.32. The van der Waals surface area contributed by atoms with Crippen molar-refractivity contribution in [2.24, 2.45) is 5.92 Å². The molecule has 37 heavy (non-hydrogen) atoms. The van der Waals surface area contributed by atoms with E-state index >= 15 is 0 Å². The first-order valence-corrected chi connectivity index (χ1v) is 12.9. The highest BCUT2D eigenvalue weighted by Gasteiger charge is 2.45. The summed E-state index contributed by atoms with van der Waals surface area (Å²) >= 11 is 0. The first kappa shape index (κ1) is 23.7. The summed E-state index contributed by atoms with van der Waals surface area (Å²) in [6.45, 7) is 3.09. The number of carbonyl (C=O) groups excluding carboxylic acids is 2. The minimum Gasteiger partial charge on any atom is -0.496 e. The maximum atomic E-state index is 13.5. The zero-order valence-electron chi connectivity index (χ0n) is 21.2. The third-order valence-corrected chi connectivity index (χ3v) is 8.06. The molecule has 0 saturated carbocycles. The number of hydrogen-bond acceptors (Lipinski definition) is 5. The Morgan fingerprint density at radius 2 is 1.54 bits per heavy atom. The van der Waals surface area contributed by atoms with Crippen LogP contribution in [-0.2, 0) is 9.47 Å². The number of amides is 1. The normalized spacial score (nSPS) is 22.2. The molecule has 2 heterocycles. The first-order valence-electron chi connectivity index (χ1n) is 12.9. The Kier molecular flexibility index (Phi) is 6.21. The number of carbonyl (C=O) groups is 2. The van der Waals surface area contributed by atoms with E-state index in [0.717, 1.165) is 5.56 Å². The zero-order chi connectivity index (χ0) is 25.5. The lowest BCUT2D eigenvalue weighted by atomic mass is 9.80. The van der Waals surface area contributed by atoms with Gasteiger partial charge in [0.1, 0.15) is 12.4 Å². The summed E-state index contributed by atoms with van der Waals surface area (Å²) in [5, 5.41) is 0. The van der Waals surface area contributed by atoms with Crippen LogP contribution in [0, 0.1) is 12.8 Å². The van der Waals surface area contributed by atoms with Crippen LogP contribution in [0.5, 0.6) is 5.75 Å². The van der Waals surface area contributed by atoms with Gasteiger partial charge in [-0.25, -0.2) is 4.79 Å². The summed E-state index contributed by atoms with van der Waals surface area (Å²) in [6.07, 6.45) is 0.784. The van der Waals surface area contributed by atoms with Gasteiger partial charge in [-0.1, -0.05) is 54.6 Å². The van der Waals surface area contributed by atoms with Crippen molar-refractivity contribution in [3.05, 3.63) is 89.0 Å². The number of ether oxygens (including phenoxy) is 3. The summed E-state index contributed by atoms with van der Waals surface area (Å²) in [5.41, 5.74) is 6.44. The number of rotatable bonds is 5. The van der Waals surface area contributed by atoms with Gasteiger partial charge in [-0.15, -0.1) is 0 Å². The van der Waals surface area contributed by atoms with Gasteiger partial charge in [0.05, 0.1) is 38.0 Å². The van der Waals surface area contributed by atoms with Crippen molar-refractivity contribution in [2.45, 2.75) is 37.8 Å². The topological polar surface area (TPSA) is 65.1 Å². The van der Waals surface area contributed by atoms with Crippen LogP contribution in [0.2, 0.25) is 0 Å². The molecule has 2 unspecified atom stereocenters. The van der Waals surface area contributed by atoms with E-state index in [1.807, 2.05) is 54.3 Å². The molecule has 2 aliphatic heterocycles. The number of benzene rings is 3. The van der Waals surface area contributed by atoms with E-state index < -0.39 is 0 Å². The highest BCUT2D eigenvalue weighted by molar-refractivity contribution is 6.00. The van der Waals surface area contributed by atoms with Crippen LogP contribution in [-0.4, -0.2) is 55.8 Å². The molecule has 2 bridgehead atoms. The third-order valence-electron chi connectivity index (χ3n) is 8.06. The average molecular weight is 498 g/mol. The van der Waals surface area contributed by atoms with Crippen molar-refractivity contribution in [1.82, 2.24) is 4.90 Å². The van der Waals surface area contributed by atoms with Gasteiger partial charge >= 0.3 is 6.09 Å². The Labute approximate surface area is 217 Å². The Balaban J connectivity index is 1.17. The highest BCUT2D eigenvalue weighted by Crippen LogP contribution is 2.45. The minimum absolute atomic E-state index is 0.0144. The van der Waals surface area contributed by atoms with Crippen LogP contribution in [0.3, 0.4) is 0 Å². The van der Waals surface area contributed by atoms with E-state index in [-0.39, 0.29) is 42.4 Å². The second-order valence-electron chi connectivity index (χ2n) is 10.3. The molecule has 0 N–H and O–H groups in total. The number of nitrogens with zero attached hydrogens (tertiary/aromatic N) is 1. The van der Waals surface area contributed by atoms with E-state index in [9.17, 15) is 9.59 Å². The Morgan fingerprint density at radius 1 is 0.919 bits per heavy atom. The van der Waals surface area contributed by atoms with Crippen LogP contribution >= 0.6 is 0 Å². The molecule has 0 spiro atoms. The number of hydrogen-bond donors (Lipinski definition) is 0. The van der Waals surface area contributed by atoms with E-state index in [1.165, 1.54) is 22.3 Å². The summed E-state index contributed by atoms with van der Waals surface area (Å²) < 4.78 is 17.3. The lowest BCUT2D eigenvalue weighted by molar-refractivity contribution is -0.0748. The molecule has 2 atom stereocenters. The Hall–Kier alpha value is -3.64. The van der Waals surface area contributed by atoms with Crippen molar-refractivity contribution >= 4 is 11.9 Å². The van der Waals surface area contributed by atoms with Crippen molar-refractivity contribution in [1.29, 1.82) is 0 Å². The smallest absolute Gasteiger partial charge is 0.410 e. The second-order valence-corrected chi connectivity index (χ2v) is 10.3. The minimum atomic E-state index is -0.320. The molecule has 0 radical (unpaired) electrons. The van der Waals surface area contributed by atoms with Crippen LogP contribution in [0.4, 0.5) is 4.79 Å². The zero-order valence-corrected chi connectivity index (χ0v) is 21.2. The van der Waals surface area contributed by atoms with Crippen LogP contribution < -0.4 is 4.74 Å². The molecule has 190 valence electrons. The Morgan fingerprint density at radius 3 is 2.16 bits per heavy atom. The standard InChI is InChI=1S/C31H31NO5/c1-19-11-12-27(29(13-19)35-2)30(33)20-14-21-16-36-17-22(15-20)32(21)31(34)37-18-28-25-9-5-3-7-23(25)24-8-4-6-10-26(24)28/h3-13,20-22,28H,14-18H2,1-2H3. The molecule has 6 rings (SSSR count). The van der Waals surface area contributed by atoms with Crippen LogP contribution in [0.1, 0.15) is 45.8 Å². The molecule has 6 heteroatoms.